The fourth-order valence-electron chi connectivity index (χ4n) is 1.41. The van der Waals surface area contributed by atoms with Crippen LogP contribution in [-0.2, 0) is 6.42 Å². The van der Waals surface area contributed by atoms with Crippen LogP contribution >= 0.6 is 11.6 Å². The van der Waals surface area contributed by atoms with Gasteiger partial charge in [-0.25, -0.2) is 0 Å². The van der Waals surface area contributed by atoms with Crippen molar-refractivity contribution in [1.82, 2.24) is 0 Å². The Morgan fingerprint density at radius 3 is 2.60 bits per heavy atom. The number of rotatable bonds is 5. The van der Waals surface area contributed by atoms with Crippen molar-refractivity contribution in [3.8, 4) is 0 Å². The third kappa shape index (κ3) is 5.01. The molecule has 0 radical (unpaired) electrons. The van der Waals surface area contributed by atoms with E-state index in [-0.39, 0.29) is 6.61 Å². The Kier molecular flexibility index (Phi) is 5.44. The van der Waals surface area contributed by atoms with Gasteiger partial charge in [0.15, 0.2) is 0 Å². The van der Waals surface area contributed by atoms with E-state index in [0.717, 1.165) is 24.3 Å². The van der Waals surface area contributed by atoms with Crippen LogP contribution in [0.2, 0.25) is 5.02 Å². The highest BCUT2D eigenvalue weighted by Gasteiger charge is 1.93. The van der Waals surface area contributed by atoms with Crippen LogP contribution < -0.4 is 0 Å². The number of hydrogen-bond acceptors (Lipinski definition) is 1. The molecule has 2 heteroatoms. The first kappa shape index (κ1) is 12.3. The lowest BCUT2D eigenvalue weighted by Gasteiger charge is -2.00. The number of aliphatic hydroxyl groups is 1. The van der Waals surface area contributed by atoms with Gasteiger partial charge in [0.1, 0.15) is 0 Å². The third-order valence-corrected chi connectivity index (χ3v) is 2.60. The van der Waals surface area contributed by atoms with Crippen molar-refractivity contribution in [1.29, 1.82) is 0 Å². The first-order chi connectivity index (χ1) is 7.22. The van der Waals surface area contributed by atoms with Gasteiger partial charge in [-0.1, -0.05) is 35.4 Å². The van der Waals surface area contributed by atoms with Gasteiger partial charge in [0.2, 0.25) is 0 Å². The van der Waals surface area contributed by atoms with Gasteiger partial charge in [0.05, 0.1) is 0 Å². The van der Waals surface area contributed by atoms with Crippen LogP contribution in [0.3, 0.4) is 0 Å². The van der Waals surface area contributed by atoms with Gasteiger partial charge in [-0.05, 0) is 43.9 Å². The summed E-state index contributed by atoms with van der Waals surface area (Å²) < 4.78 is 0. The van der Waals surface area contributed by atoms with Gasteiger partial charge in [0.25, 0.3) is 0 Å². The quantitative estimate of drug-likeness (QED) is 0.758. The summed E-state index contributed by atoms with van der Waals surface area (Å²) in [6.45, 7) is 2.29. The fraction of sp³-hybridized carbons (Fsp3) is 0.385. The lowest BCUT2D eigenvalue weighted by atomic mass is 10.1. The van der Waals surface area contributed by atoms with Crippen molar-refractivity contribution in [3.63, 3.8) is 0 Å². The highest BCUT2D eigenvalue weighted by Crippen LogP contribution is 2.11. The van der Waals surface area contributed by atoms with Crippen molar-refractivity contribution < 1.29 is 5.11 Å². The van der Waals surface area contributed by atoms with E-state index < -0.39 is 0 Å². The summed E-state index contributed by atoms with van der Waals surface area (Å²) in [5, 5.41) is 9.51. The zero-order valence-electron chi connectivity index (χ0n) is 9.04. The first-order valence-electron chi connectivity index (χ1n) is 5.23. The monoisotopic (exact) mass is 224 g/mol. The van der Waals surface area contributed by atoms with Crippen molar-refractivity contribution in [2.75, 3.05) is 6.61 Å². The van der Waals surface area contributed by atoms with Crippen molar-refractivity contribution in [3.05, 3.63) is 46.5 Å². The molecule has 0 fully saturated rings. The molecule has 0 aliphatic rings. The van der Waals surface area contributed by atoms with Gasteiger partial charge in [0, 0.05) is 11.6 Å². The molecular formula is C13H17ClO. The van der Waals surface area contributed by atoms with Gasteiger partial charge < -0.3 is 5.11 Å². The Balaban J connectivity index is 2.37. The van der Waals surface area contributed by atoms with E-state index in [1.165, 1.54) is 11.1 Å². The molecule has 0 aliphatic carbocycles. The fourth-order valence-corrected chi connectivity index (χ4v) is 1.54. The minimum absolute atomic E-state index is 0.239. The number of benzene rings is 1. The molecule has 1 N–H and O–H groups in total. The van der Waals surface area contributed by atoms with E-state index in [9.17, 15) is 0 Å². The molecule has 15 heavy (non-hydrogen) atoms. The molecule has 0 saturated carbocycles. The van der Waals surface area contributed by atoms with E-state index in [0.29, 0.717) is 0 Å². The molecule has 1 rings (SSSR count). The third-order valence-electron chi connectivity index (χ3n) is 2.35. The highest BCUT2D eigenvalue weighted by molar-refractivity contribution is 6.30. The van der Waals surface area contributed by atoms with Crippen LogP contribution in [0.25, 0.3) is 0 Å². The van der Waals surface area contributed by atoms with E-state index in [4.69, 9.17) is 16.7 Å². The summed E-state index contributed by atoms with van der Waals surface area (Å²) in [4.78, 5) is 0. The van der Waals surface area contributed by atoms with Crippen molar-refractivity contribution in [2.24, 2.45) is 0 Å². The van der Waals surface area contributed by atoms with E-state index in [1.807, 2.05) is 12.1 Å². The van der Waals surface area contributed by atoms with Gasteiger partial charge >= 0.3 is 0 Å². The Morgan fingerprint density at radius 1 is 1.33 bits per heavy atom. The van der Waals surface area contributed by atoms with Crippen LogP contribution in [-0.4, -0.2) is 11.7 Å². The molecule has 1 nitrogen and oxygen atoms in total. The molecule has 82 valence electrons. The average molecular weight is 225 g/mol. The zero-order chi connectivity index (χ0) is 11.1. The summed E-state index contributed by atoms with van der Waals surface area (Å²) in [6.07, 6.45) is 5.01. The van der Waals surface area contributed by atoms with E-state index in [2.05, 4.69) is 25.1 Å². The van der Waals surface area contributed by atoms with E-state index in [1.54, 1.807) is 0 Å². The molecule has 0 spiro atoms. The van der Waals surface area contributed by atoms with Crippen molar-refractivity contribution in [2.45, 2.75) is 26.2 Å². The number of aryl methyl sites for hydroxylation is 1. The molecule has 0 saturated heterocycles. The summed E-state index contributed by atoms with van der Waals surface area (Å²) in [5.41, 5.74) is 2.55. The lowest BCUT2D eigenvalue weighted by Crippen LogP contribution is -1.86. The summed E-state index contributed by atoms with van der Waals surface area (Å²) in [7, 11) is 0. The molecule has 0 aromatic heterocycles. The predicted octanol–water partition coefficient (Wildman–Crippen LogP) is 3.60. The van der Waals surface area contributed by atoms with Crippen LogP contribution in [0.1, 0.15) is 25.3 Å². The molecule has 0 unspecified atom stereocenters. The molecule has 1 aromatic rings. The zero-order valence-corrected chi connectivity index (χ0v) is 9.80. The van der Waals surface area contributed by atoms with Crippen LogP contribution in [0.4, 0.5) is 0 Å². The Hall–Kier alpha value is -0.790. The second-order valence-electron chi connectivity index (χ2n) is 3.69. The SMILES string of the molecule is C/C(=C\CCc1ccc(Cl)cc1)CCO. The summed E-state index contributed by atoms with van der Waals surface area (Å²) >= 11 is 5.80. The van der Waals surface area contributed by atoms with Gasteiger partial charge in [-0.3, -0.25) is 0 Å². The smallest absolute Gasteiger partial charge is 0.0468 e. The normalized spacial score (nSPS) is 11.8. The van der Waals surface area contributed by atoms with Crippen LogP contribution in [0.5, 0.6) is 0 Å². The molecule has 0 heterocycles. The predicted molar refractivity (Wildman–Crippen MR) is 65.2 cm³/mol. The number of hydrogen-bond donors (Lipinski definition) is 1. The highest BCUT2D eigenvalue weighted by atomic mass is 35.5. The maximum absolute atomic E-state index is 8.73. The minimum Gasteiger partial charge on any atom is -0.396 e. The second-order valence-corrected chi connectivity index (χ2v) is 4.13. The lowest BCUT2D eigenvalue weighted by molar-refractivity contribution is 0.299. The summed E-state index contributed by atoms with van der Waals surface area (Å²) in [6, 6.07) is 7.94. The number of aliphatic hydroxyl groups excluding tert-OH is 1. The first-order valence-corrected chi connectivity index (χ1v) is 5.61. The number of allylic oxidation sites excluding steroid dienone is 1. The number of halogens is 1. The molecule has 0 aliphatic heterocycles. The maximum atomic E-state index is 8.73. The molecule has 0 amide bonds. The minimum atomic E-state index is 0.239. The molecular weight excluding hydrogens is 208 g/mol. The Morgan fingerprint density at radius 2 is 2.00 bits per heavy atom. The van der Waals surface area contributed by atoms with Crippen molar-refractivity contribution >= 4 is 11.6 Å². The molecule has 1 aromatic carbocycles. The largest absolute Gasteiger partial charge is 0.396 e. The van der Waals surface area contributed by atoms with Crippen LogP contribution in [0.15, 0.2) is 35.9 Å². The molecule has 0 atom stereocenters. The van der Waals surface area contributed by atoms with E-state index >= 15 is 0 Å². The Labute approximate surface area is 96.4 Å². The average Bonchev–Trinajstić information content (AvgIpc) is 2.21. The molecule has 0 bridgehead atoms. The van der Waals surface area contributed by atoms with Crippen LogP contribution in [0, 0.1) is 0 Å². The second kappa shape index (κ2) is 6.65. The summed E-state index contributed by atoms with van der Waals surface area (Å²) in [5.74, 6) is 0. The van der Waals surface area contributed by atoms with Gasteiger partial charge in [-0.15, -0.1) is 0 Å². The van der Waals surface area contributed by atoms with Gasteiger partial charge in [-0.2, -0.15) is 0 Å². The topological polar surface area (TPSA) is 20.2 Å². The maximum Gasteiger partial charge on any atom is 0.0468 e. The standard InChI is InChI=1S/C13H17ClO/c1-11(9-10-15)3-2-4-12-5-7-13(14)8-6-12/h3,5-8,15H,2,4,9-10H2,1H3/b11-3+. The Bertz CT molecular complexity index is 314.